The van der Waals surface area contributed by atoms with Crippen molar-refractivity contribution in [2.24, 2.45) is 40.4 Å². The summed E-state index contributed by atoms with van der Waals surface area (Å²) in [5.41, 5.74) is -1.66. The van der Waals surface area contributed by atoms with Gasteiger partial charge in [-0.15, -0.1) is 0 Å². The summed E-state index contributed by atoms with van der Waals surface area (Å²) in [4.78, 5) is 14.7. The Morgan fingerprint density at radius 2 is 1.91 bits per heavy atom. The molecular weight excluding hydrogens is 438 g/mol. The molecule has 0 aromatic heterocycles. The molecule has 13 atom stereocenters. The molecule has 5 aliphatic carbocycles. The van der Waals surface area contributed by atoms with E-state index in [4.69, 9.17) is 18.9 Å². The predicted molar refractivity (Wildman–Crippen MR) is 122 cm³/mol. The molecule has 1 heterocycles. The van der Waals surface area contributed by atoms with Gasteiger partial charge in [-0.2, -0.15) is 0 Å². The van der Waals surface area contributed by atoms with Gasteiger partial charge in [0.25, 0.3) is 0 Å². The molecule has 7 bridgehead atoms. The van der Waals surface area contributed by atoms with E-state index in [1.54, 1.807) is 21.3 Å². The number of likely N-dealkylation sites (tertiary alicyclic amines) is 1. The third kappa shape index (κ3) is 2.48. The number of hydrogen-bond donors (Lipinski definition) is 2. The van der Waals surface area contributed by atoms with Gasteiger partial charge in [0.1, 0.15) is 6.10 Å². The van der Waals surface area contributed by atoms with E-state index in [2.05, 4.69) is 11.8 Å². The van der Waals surface area contributed by atoms with Crippen LogP contribution in [0.15, 0.2) is 0 Å². The summed E-state index contributed by atoms with van der Waals surface area (Å²) >= 11 is 0. The Morgan fingerprint density at radius 1 is 1.15 bits per heavy atom. The van der Waals surface area contributed by atoms with Crippen LogP contribution in [0, 0.1) is 40.4 Å². The number of carbonyl (C=O) groups excluding carboxylic acids is 1. The molecule has 34 heavy (non-hydrogen) atoms. The van der Waals surface area contributed by atoms with Crippen molar-refractivity contribution in [2.45, 2.75) is 75.6 Å². The van der Waals surface area contributed by atoms with Crippen LogP contribution in [0.4, 0.5) is 0 Å². The van der Waals surface area contributed by atoms with Gasteiger partial charge in [-0.3, -0.25) is 9.69 Å². The average Bonchev–Trinajstić information content (AvgIpc) is 3.23. The van der Waals surface area contributed by atoms with Crippen LogP contribution in [0.1, 0.15) is 39.5 Å². The maximum atomic E-state index is 12.7. The summed E-state index contributed by atoms with van der Waals surface area (Å²) in [6.07, 6.45) is 1.64. The Balaban J connectivity index is 1.61. The van der Waals surface area contributed by atoms with E-state index in [-0.39, 0.29) is 59.2 Å². The van der Waals surface area contributed by atoms with Gasteiger partial charge in [0.05, 0.1) is 30.5 Å². The Labute approximate surface area is 202 Å². The molecule has 1 spiro atoms. The first-order valence-corrected chi connectivity index (χ1v) is 13.1. The van der Waals surface area contributed by atoms with Crippen LogP contribution in [-0.2, 0) is 23.7 Å². The number of rotatable bonds is 6. The fraction of sp³-hybridized carbons (Fsp3) is 0.962. The molecule has 0 aromatic carbocycles. The largest absolute Gasteiger partial charge is 0.462 e. The van der Waals surface area contributed by atoms with Crippen LogP contribution in [0.5, 0.6) is 0 Å². The minimum Gasteiger partial charge on any atom is -0.462 e. The zero-order valence-corrected chi connectivity index (χ0v) is 21.1. The second-order valence-corrected chi connectivity index (χ2v) is 12.1. The van der Waals surface area contributed by atoms with Crippen molar-refractivity contribution in [3.8, 4) is 0 Å². The zero-order chi connectivity index (χ0) is 24.2. The Morgan fingerprint density at radius 3 is 2.53 bits per heavy atom. The van der Waals surface area contributed by atoms with E-state index >= 15 is 0 Å². The Bertz CT molecular complexity index is 855. The van der Waals surface area contributed by atoms with Crippen molar-refractivity contribution >= 4 is 5.97 Å². The minimum atomic E-state index is -1.09. The van der Waals surface area contributed by atoms with Gasteiger partial charge >= 0.3 is 5.97 Å². The molecule has 6 fully saturated rings. The first-order valence-electron chi connectivity index (χ1n) is 13.1. The number of aliphatic hydroxyl groups excluding tert-OH is 1. The summed E-state index contributed by atoms with van der Waals surface area (Å²) in [7, 11) is 5.23. The first kappa shape index (κ1) is 23.6. The molecule has 192 valence electrons. The van der Waals surface area contributed by atoms with Crippen LogP contribution < -0.4 is 0 Å². The monoisotopic (exact) mass is 479 g/mol. The lowest BCUT2D eigenvalue weighted by atomic mass is 9.43. The van der Waals surface area contributed by atoms with Gasteiger partial charge in [-0.05, 0) is 31.7 Å². The van der Waals surface area contributed by atoms with Crippen molar-refractivity contribution in [1.82, 2.24) is 4.90 Å². The fourth-order valence-electron chi connectivity index (χ4n) is 11.0. The summed E-state index contributed by atoms with van der Waals surface area (Å²) < 4.78 is 24.1. The number of ether oxygens (including phenoxy) is 4. The van der Waals surface area contributed by atoms with Gasteiger partial charge in [0.15, 0.2) is 0 Å². The van der Waals surface area contributed by atoms with E-state index in [1.165, 1.54) is 6.92 Å². The van der Waals surface area contributed by atoms with Gasteiger partial charge in [-0.25, -0.2) is 0 Å². The molecule has 6 aliphatic rings. The van der Waals surface area contributed by atoms with Gasteiger partial charge in [0, 0.05) is 81.8 Å². The first-order chi connectivity index (χ1) is 16.2. The highest BCUT2D eigenvalue weighted by Crippen LogP contribution is 2.79. The van der Waals surface area contributed by atoms with Gasteiger partial charge < -0.3 is 29.2 Å². The molecule has 6 rings (SSSR count). The number of aliphatic hydroxyl groups is 2. The SMILES string of the molecule is CCN1C[C@]2(COC)CC[C@H](O)C34C1C([C@H](OC)[C@@H]32)[C@@]1(O)C[C@H](OC)[C@H]2C[C@@H]4[C@@H]1[C@H]2OC(C)=O. The van der Waals surface area contributed by atoms with Crippen LogP contribution in [-0.4, -0.2) is 98.2 Å². The number of carbonyl (C=O) groups is 1. The molecular formula is C26H41NO7. The highest BCUT2D eigenvalue weighted by Gasteiger charge is 2.86. The third-order valence-electron chi connectivity index (χ3n) is 11.4. The summed E-state index contributed by atoms with van der Waals surface area (Å²) in [5, 5.41) is 24.7. The van der Waals surface area contributed by atoms with E-state index < -0.39 is 23.2 Å². The number of fused-ring (bicyclic) bond motifs is 2. The van der Waals surface area contributed by atoms with Crippen molar-refractivity contribution < 1.29 is 34.0 Å². The summed E-state index contributed by atoms with van der Waals surface area (Å²) in [5.74, 6) is -0.586. The fourth-order valence-corrected chi connectivity index (χ4v) is 11.0. The average molecular weight is 480 g/mol. The number of hydrogen-bond acceptors (Lipinski definition) is 8. The maximum absolute atomic E-state index is 12.7. The van der Waals surface area contributed by atoms with Gasteiger partial charge in [0.2, 0.25) is 0 Å². The number of esters is 1. The predicted octanol–water partition coefficient (Wildman–Crippen LogP) is 1.07. The molecule has 1 aliphatic heterocycles. The van der Waals surface area contributed by atoms with E-state index in [1.807, 2.05) is 0 Å². The normalized spacial score (nSPS) is 57.0. The lowest BCUT2D eigenvalue weighted by molar-refractivity contribution is -0.274. The smallest absolute Gasteiger partial charge is 0.302 e. The van der Waals surface area contributed by atoms with E-state index in [9.17, 15) is 15.0 Å². The highest BCUT2D eigenvalue weighted by molar-refractivity contribution is 5.66. The maximum Gasteiger partial charge on any atom is 0.302 e. The summed E-state index contributed by atoms with van der Waals surface area (Å²) in [6.45, 7) is 6.00. The highest BCUT2D eigenvalue weighted by atomic mass is 16.5. The molecule has 0 amide bonds. The number of piperidine rings is 1. The van der Waals surface area contributed by atoms with Crippen LogP contribution in [0.2, 0.25) is 0 Å². The lowest BCUT2D eigenvalue weighted by Gasteiger charge is -2.68. The van der Waals surface area contributed by atoms with E-state index in [0.717, 1.165) is 32.4 Å². The van der Waals surface area contributed by atoms with Gasteiger partial charge in [-0.1, -0.05) is 6.92 Å². The second-order valence-electron chi connectivity index (χ2n) is 12.1. The quantitative estimate of drug-likeness (QED) is 0.546. The molecule has 0 radical (unpaired) electrons. The van der Waals surface area contributed by atoms with E-state index in [0.29, 0.717) is 13.0 Å². The number of methoxy groups -OCH3 is 3. The molecule has 3 unspecified atom stereocenters. The molecule has 5 saturated carbocycles. The minimum absolute atomic E-state index is 0.0197. The standard InChI is InChI=1S/C26H41NO7/c1-6-27-11-24(12-31-3)8-7-17(29)26-15-9-14-16(32-4)10-25(30,18(15)20(14)34-13(2)28)19(23(26)27)21(33-5)22(24)26/h14-23,29-30H,6-12H2,1-5H3/t14-,15-,16+,17+,18-,19?,20+,21+,22-,23?,24+,25-,26?/m1/s1. The van der Waals surface area contributed by atoms with Crippen molar-refractivity contribution in [3.05, 3.63) is 0 Å². The van der Waals surface area contributed by atoms with Crippen LogP contribution >= 0.6 is 0 Å². The lowest BCUT2D eigenvalue weighted by Crippen LogP contribution is -2.76. The van der Waals surface area contributed by atoms with Crippen molar-refractivity contribution in [2.75, 3.05) is 41.0 Å². The molecule has 8 nitrogen and oxygen atoms in total. The molecule has 0 aromatic rings. The third-order valence-corrected chi connectivity index (χ3v) is 11.4. The molecule has 2 N–H and O–H groups in total. The Kier molecular flexibility index (Phi) is 5.29. The second kappa shape index (κ2) is 7.62. The topological polar surface area (TPSA) is 97.7 Å². The van der Waals surface area contributed by atoms with Crippen LogP contribution in [0.3, 0.4) is 0 Å². The Hall–Kier alpha value is -0.770. The summed E-state index contributed by atoms with van der Waals surface area (Å²) in [6, 6.07) is 0.0197. The van der Waals surface area contributed by atoms with Crippen molar-refractivity contribution in [3.63, 3.8) is 0 Å². The molecule has 8 heteroatoms. The van der Waals surface area contributed by atoms with Crippen molar-refractivity contribution in [1.29, 1.82) is 0 Å². The zero-order valence-electron chi connectivity index (χ0n) is 21.1. The number of nitrogens with zero attached hydrogens (tertiary/aromatic N) is 1. The van der Waals surface area contributed by atoms with Crippen LogP contribution in [0.25, 0.3) is 0 Å². The molecule has 1 saturated heterocycles.